The van der Waals surface area contributed by atoms with Gasteiger partial charge in [0, 0.05) is 23.3 Å². The van der Waals surface area contributed by atoms with Gasteiger partial charge in [0.15, 0.2) is 0 Å². The minimum Gasteiger partial charge on any atom is -0.268 e. The number of sulfonamides is 1. The van der Waals surface area contributed by atoms with E-state index in [1.165, 1.54) is 12.1 Å². The lowest BCUT2D eigenvalue weighted by atomic mass is 10.2. The molecule has 1 N–H and O–H groups in total. The molecule has 0 fully saturated rings. The predicted octanol–water partition coefficient (Wildman–Crippen LogP) is 0.113. The lowest BCUT2D eigenvalue weighted by Gasteiger charge is -1.91. The van der Waals surface area contributed by atoms with E-state index < -0.39 is 26.7 Å². The molecule has 0 aromatic heterocycles. The third-order valence-electron chi connectivity index (χ3n) is 1.65. The molecule has 5 nitrogen and oxygen atoms in total. The first kappa shape index (κ1) is 12.9. The highest BCUT2D eigenvalue weighted by Crippen LogP contribution is 2.20. The fourth-order valence-corrected chi connectivity index (χ4v) is 2.29. The number of rotatable bonds is 0. The lowest BCUT2D eigenvalue weighted by molar-refractivity contribution is 0.0985. The number of hydrogen-bond acceptors (Lipinski definition) is 4. The van der Waals surface area contributed by atoms with E-state index in [4.69, 9.17) is 0 Å². The topological polar surface area (TPSA) is 80.3 Å². The molecular weight excluding hydrogens is 250 g/mol. The van der Waals surface area contributed by atoms with Crippen LogP contribution in [0.2, 0.25) is 0 Å². The number of benzene rings is 1. The summed E-state index contributed by atoms with van der Waals surface area (Å²) in [4.78, 5) is 11.1. The van der Waals surface area contributed by atoms with Gasteiger partial charge in [0.05, 0.1) is 5.56 Å². The molecule has 1 aromatic carbocycles. The second-order valence-corrected chi connectivity index (χ2v) is 6.31. The number of carbonyl (C=O) groups excluding carboxylic acids is 1. The lowest BCUT2D eigenvalue weighted by Crippen LogP contribution is -2.20. The molecule has 0 radical (unpaired) electrons. The monoisotopic (exact) mass is 261 g/mol. The molecule has 16 heavy (non-hydrogen) atoms. The summed E-state index contributed by atoms with van der Waals surface area (Å²) in [7, 11) is -4.17. The van der Waals surface area contributed by atoms with Crippen LogP contribution >= 0.6 is 0 Å². The minimum atomic E-state index is -3.55. The van der Waals surface area contributed by atoms with Crippen molar-refractivity contribution in [2.75, 3.05) is 12.5 Å². The van der Waals surface area contributed by atoms with Crippen LogP contribution in [-0.4, -0.2) is 31.0 Å². The van der Waals surface area contributed by atoms with Crippen LogP contribution in [0.5, 0.6) is 0 Å². The van der Waals surface area contributed by atoms with Gasteiger partial charge in [-0.1, -0.05) is 12.1 Å². The summed E-state index contributed by atoms with van der Waals surface area (Å²) in [6, 6.07) is 6.09. The summed E-state index contributed by atoms with van der Waals surface area (Å²) >= 11 is 0. The molecule has 0 saturated carbocycles. The summed E-state index contributed by atoms with van der Waals surface area (Å²) in [5.74, 6) is -0.550. The second kappa shape index (κ2) is 4.75. The van der Waals surface area contributed by atoms with E-state index in [-0.39, 0.29) is 10.5 Å². The maximum absolute atomic E-state index is 11.1. The minimum absolute atomic E-state index is 0.0648. The first-order chi connectivity index (χ1) is 7.34. The van der Waals surface area contributed by atoms with Crippen LogP contribution in [-0.2, 0) is 20.8 Å². The first-order valence-electron chi connectivity index (χ1n) is 4.26. The predicted molar refractivity (Wildman–Crippen MR) is 61.1 cm³/mol. The Labute approximate surface area is 96.4 Å². The molecule has 2 rings (SSSR count). The third-order valence-corrected chi connectivity index (χ3v) is 3.04. The summed E-state index contributed by atoms with van der Waals surface area (Å²) in [5, 5.41) is 0. The van der Waals surface area contributed by atoms with Gasteiger partial charge in [-0.2, -0.15) is 0 Å². The van der Waals surface area contributed by atoms with E-state index in [0.29, 0.717) is 0 Å². The van der Waals surface area contributed by atoms with Gasteiger partial charge >= 0.3 is 0 Å². The maximum atomic E-state index is 11.1. The third kappa shape index (κ3) is 2.89. The summed E-state index contributed by atoms with van der Waals surface area (Å²) < 4.78 is 33.7. The molecule has 0 bridgehead atoms. The molecule has 1 heterocycles. The quantitative estimate of drug-likeness (QED) is 0.719. The van der Waals surface area contributed by atoms with E-state index >= 15 is 0 Å². The summed E-state index contributed by atoms with van der Waals surface area (Å²) in [6.45, 7) is 0. The highest BCUT2D eigenvalue weighted by molar-refractivity contribution is 7.90. The zero-order chi connectivity index (χ0) is 12.3. The Morgan fingerprint density at radius 2 is 1.69 bits per heavy atom. The number of carbonyl (C=O) groups is 1. The molecule has 0 atom stereocenters. The van der Waals surface area contributed by atoms with Gasteiger partial charge in [-0.3, -0.25) is 9.00 Å². The molecule has 1 aliphatic rings. The van der Waals surface area contributed by atoms with Crippen molar-refractivity contribution in [1.82, 2.24) is 4.72 Å². The van der Waals surface area contributed by atoms with Crippen molar-refractivity contribution in [3.63, 3.8) is 0 Å². The second-order valence-electron chi connectivity index (χ2n) is 3.17. The van der Waals surface area contributed by atoms with Crippen molar-refractivity contribution in [1.29, 1.82) is 0 Å². The molecular formula is C9H11NO4S2. The van der Waals surface area contributed by atoms with Crippen LogP contribution in [0.3, 0.4) is 0 Å². The van der Waals surface area contributed by atoms with Crippen LogP contribution in [0, 0.1) is 0 Å². The van der Waals surface area contributed by atoms with Crippen LogP contribution in [0.4, 0.5) is 0 Å². The SMILES string of the molecule is CS(C)=O.O=C1NS(=O)(=O)c2ccccc21. The van der Waals surface area contributed by atoms with Gasteiger partial charge < -0.3 is 0 Å². The van der Waals surface area contributed by atoms with Crippen molar-refractivity contribution in [3.05, 3.63) is 29.8 Å². The normalized spacial score (nSPS) is 16.1. The molecule has 7 heteroatoms. The molecule has 88 valence electrons. The highest BCUT2D eigenvalue weighted by Gasteiger charge is 2.31. The molecule has 1 aliphatic heterocycles. The van der Waals surface area contributed by atoms with Crippen molar-refractivity contribution in [3.8, 4) is 0 Å². The zero-order valence-corrected chi connectivity index (χ0v) is 10.4. The van der Waals surface area contributed by atoms with Gasteiger partial charge in [0.1, 0.15) is 4.90 Å². The number of nitrogens with one attached hydrogen (secondary N) is 1. The average molecular weight is 261 g/mol. The van der Waals surface area contributed by atoms with E-state index in [1.54, 1.807) is 24.6 Å². The van der Waals surface area contributed by atoms with E-state index in [2.05, 4.69) is 0 Å². The van der Waals surface area contributed by atoms with Crippen LogP contribution in [0.1, 0.15) is 10.4 Å². The van der Waals surface area contributed by atoms with Gasteiger partial charge in [0.2, 0.25) is 0 Å². The van der Waals surface area contributed by atoms with Gasteiger partial charge in [-0.15, -0.1) is 0 Å². The maximum Gasteiger partial charge on any atom is 0.266 e. The largest absolute Gasteiger partial charge is 0.268 e. The molecule has 1 aromatic rings. The number of amides is 1. The summed E-state index contributed by atoms with van der Waals surface area (Å²) in [5.41, 5.74) is 0.220. The van der Waals surface area contributed by atoms with Crippen LogP contribution < -0.4 is 4.72 Å². The number of hydrogen-bond donors (Lipinski definition) is 1. The van der Waals surface area contributed by atoms with Crippen LogP contribution in [0.25, 0.3) is 0 Å². The van der Waals surface area contributed by atoms with Crippen molar-refractivity contribution >= 4 is 26.7 Å². The fourth-order valence-electron chi connectivity index (χ4n) is 1.12. The van der Waals surface area contributed by atoms with Gasteiger partial charge in [-0.25, -0.2) is 13.1 Å². The van der Waals surface area contributed by atoms with Crippen molar-refractivity contribution in [2.45, 2.75) is 4.90 Å². The first-order valence-corrected chi connectivity index (χ1v) is 7.71. The standard InChI is InChI=1S/C7H5NO3S.C2H6OS/c9-7-5-3-1-2-4-6(5)12(10,11)8-7;1-4(2)3/h1-4H,(H,8,9);1-2H3. The molecule has 1 amide bonds. The van der Waals surface area contributed by atoms with E-state index in [0.717, 1.165) is 0 Å². The van der Waals surface area contributed by atoms with Crippen LogP contribution in [0.15, 0.2) is 29.2 Å². The Balaban J connectivity index is 0.000000280. The Morgan fingerprint density at radius 3 is 2.19 bits per heavy atom. The molecule has 0 unspecified atom stereocenters. The van der Waals surface area contributed by atoms with Gasteiger partial charge in [-0.05, 0) is 12.1 Å². The van der Waals surface area contributed by atoms with Crippen molar-refractivity contribution in [2.24, 2.45) is 0 Å². The van der Waals surface area contributed by atoms with Crippen molar-refractivity contribution < 1.29 is 17.4 Å². The Morgan fingerprint density at radius 1 is 1.19 bits per heavy atom. The fraction of sp³-hybridized carbons (Fsp3) is 0.222. The molecule has 0 saturated heterocycles. The molecule has 0 aliphatic carbocycles. The Kier molecular flexibility index (Phi) is 3.82. The Hall–Kier alpha value is -1.21. The Bertz CT molecular complexity index is 532. The smallest absolute Gasteiger partial charge is 0.266 e. The van der Waals surface area contributed by atoms with E-state index in [9.17, 15) is 17.4 Å². The number of fused-ring (bicyclic) bond motifs is 1. The van der Waals surface area contributed by atoms with Gasteiger partial charge in [0.25, 0.3) is 15.9 Å². The molecule has 0 spiro atoms. The van der Waals surface area contributed by atoms with E-state index in [1.807, 2.05) is 4.72 Å². The average Bonchev–Trinajstić information content (AvgIpc) is 2.38. The highest BCUT2D eigenvalue weighted by atomic mass is 32.2. The summed E-state index contributed by atoms with van der Waals surface area (Å²) in [6.07, 6.45) is 3.28. The zero-order valence-electron chi connectivity index (χ0n) is 8.76.